The topological polar surface area (TPSA) is 114 Å². The number of aryl methyl sites for hydroxylation is 1. The van der Waals surface area contributed by atoms with Crippen LogP contribution in [0.25, 0.3) is 0 Å². The van der Waals surface area contributed by atoms with Crippen molar-refractivity contribution in [1.82, 2.24) is 20.5 Å². The zero-order valence-electron chi connectivity index (χ0n) is 11.9. The predicted molar refractivity (Wildman–Crippen MR) is 77.3 cm³/mol. The fraction of sp³-hybridized carbons (Fsp3) is 0.500. The second kappa shape index (κ2) is 6.25. The molecule has 0 fully saturated rings. The lowest BCUT2D eigenvalue weighted by Gasteiger charge is -2.15. The average Bonchev–Trinajstić information content (AvgIpc) is 3.05. The molecular formula is C12H18N6O3. The Labute approximate surface area is 121 Å². The summed E-state index contributed by atoms with van der Waals surface area (Å²) in [4.78, 5) is 26.4. The van der Waals surface area contributed by atoms with Gasteiger partial charge in [0, 0.05) is 32.2 Å². The Morgan fingerprint density at radius 2 is 2.43 bits per heavy atom. The van der Waals surface area contributed by atoms with E-state index < -0.39 is 4.92 Å². The van der Waals surface area contributed by atoms with E-state index in [2.05, 4.69) is 20.9 Å². The maximum Gasteiger partial charge on any atom is 0.287 e. The first-order chi connectivity index (χ1) is 9.97. The minimum Gasteiger partial charge on any atom is -0.355 e. The van der Waals surface area contributed by atoms with Gasteiger partial charge in [-0.3, -0.25) is 19.9 Å². The Hall–Kier alpha value is -2.58. The smallest absolute Gasteiger partial charge is 0.287 e. The number of amides is 1. The number of aliphatic imine (C=N–C) groups is 1. The van der Waals surface area contributed by atoms with Crippen molar-refractivity contribution < 1.29 is 9.72 Å². The molecule has 1 aromatic heterocycles. The molecule has 2 rings (SSSR count). The molecule has 0 saturated heterocycles. The van der Waals surface area contributed by atoms with Crippen molar-refractivity contribution >= 4 is 17.6 Å². The second-order valence-corrected chi connectivity index (χ2v) is 4.86. The predicted octanol–water partition coefficient (Wildman–Crippen LogP) is -0.400. The van der Waals surface area contributed by atoms with Gasteiger partial charge < -0.3 is 20.5 Å². The number of nitrogens with one attached hydrogen (secondary N) is 3. The highest BCUT2D eigenvalue weighted by atomic mass is 16.6. The molecule has 9 nitrogen and oxygen atoms in total. The summed E-state index contributed by atoms with van der Waals surface area (Å²) in [6, 6.07) is 1.25. The zero-order valence-corrected chi connectivity index (χ0v) is 11.9. The number of hydrogen-bond donors (Lipinski definition) is 3. The van der Waals surface area contributed by atoms with Crippen molar-refractivity contribution in [3.63, 3.8) is 0 Å². The third-order valence-electron chi connectivity index (χ3n) is 3.06. The number of aromatic nitrogens is 1. The molecule has 1 unspecified atom stereocenters. The summed E-state index contributed by atoms with van der Waals surface area (Å²) in [5, 5.41) is 19.6. The number of carbonyl (C=O) groups excluding carboxylic acids is 1. The molecule has 1 aliphatic rings. The van der Waals surface area contributed by atoms with Gasteiger partial charge in [0.2, 0.25) is 0 Å². The summed E-state index contributed by atoms with van der Waals surface area (Å²) in [5.41, 5.74) is 0.156. The van der Waals surface area contributed by atoms with Crippen molar-refractivity contribution in [3.05, 3.63) is 28.1 Å². The minimum absolute atomic E-state index is 0.00597. The van der Waals surface area contributed by atoms with E-state index >= 15 is 0 Å². The van der Waals surface area contributed by atoms with Crippen LogP contribution in [0, 0.1) is 10.1 Å². The molecule has 0 aliphatic carbocycles. The largest absolute Gasteiger partial charge is 0.355 e. The lowest BCUT2D eigenvalue weighted by Crippen LogP contribution is -2.45. The van der Waals surface area contributed by atoms with E-state index in [1.165, 1.54) is 16.8 Å². The van der Waals surface area contributed by atoms with Crippen molar-refractivity contribution in [2.24, 2.45) is 12.0 Å². The number of hydrogen-bond acceptors (Lipinski definition) is 6. The van der Waals surface area contributed by atoms with Crippen LogP contribution in [0.5, 0.6) is 0 Å². The molecule has 0 radical (unpaired) electrons. The van der Waals surface area contributed by atoms with E-state index in [0.29, 0.717) is 6.54 Å². The summed E-state index contributed by atoms with van der Waals surface area (Å²) >= 11 is 0. The van der Waals surface area contributed by atoms with Crippen LogP contribution in [0.15, 0.2) is 17.3 Å². The molecular weight excluding hydrogens is 276 g/mol. The molecule has 1 atom stereocenters. The fourth-order valence-electron chi connectivity index (χ4n) is 1.99. The molecule has 0 bridgehead atoms. The standard InChI is InChI=1S/C12H18N6O3/c1-8(16-12-13-3-4-14-12)6-15-11(19)10-5-9(18(20)21)7-17(10)2/h5,7-8H,3-4,6H2,1-2H3,(H,15,19)(H2,13,14,16). The zero-order chi connectivity index (χ0) is 15.4. The van der Waals surface area contributed by atoms with Crippen LogP contribution in [0.2, 0.25) is 0 Å². The van der Waals surface area contributed by atoms with Crippen LogP contribution in [-0.2, 0) is 7.05 Å². The number of carbonyl (C=O) groups is 1. The SMILES string of the molecule is CC(CNC(=O)c1cc([N+](=O)[O-])cn1C)NC1=NCCN1. The number of rotatable bonds is 5. The van der Waals surface area contributed by atoms with E-state index in [4.69, 9.17) is 0 Å². The first-order valence-corrected chi connectivity index (χ1v) is 6.61. The number of nitrogens with zero attached hydrogens (tertiary/aromatic N) is 3. The van der Waals surface area contributed by atoms with E-state index in [1.54, 1.807) is 7.05 Å². The van der Waals surface area contributed by atoms with E-state index in [1.807, 2.05) is 6.92 Å². The van der Waals surface area contributed by atoms with Crippen LogP contribution in [-0.4, -0.2) is 47.0 Å². The van der Waals surface area contributed by atoms with Gasteiger partial charge in [-0.25, -0.2) is 0 Å². The van der Waals surface area contributed by atoms with E-state index in [0.717, 1.165) is 19.0 Å². The molecule has 1 aromatic rings. The third-order valence-corrected chi connectivity index (χ3v) is 3.06. The Bertz CT molecular complexity index is 580. The molecule has 1 aliphatic heterocycles. The van der Waals surface area contributed by atoms with Gasteiger partial charge in [0.1, 0.15) is 5.69 Å². The van der Waals surface area contributed by atoms with Gasteiger partial charge in [0.05, 0.1) is 17.7 Å². The first-order valence-electron chi connectivity index (χ1n) is 6.61. The van der Waals surface area contributed by atoms with Gasteiger partial charge in [0.25, 0.3) is 11.6 Å². The van der Waals surface area contributed by atoms with Crippen LogP contribution in [0.4, 0.5) is 5.69 Å². The van der Waals surface area contributed by atoms with Crippen LogP contribution < -0.4 is 16.0 Å². The van der Waals surface area contributed by atoms with Crippen molar-refractivity contribution in [3.8, 4) is 0 Å². The van der Waals surface area contributed by atoms with Crippen molar-refractivity contribution in [2.45, 2.75) is 13.0 Å². The molecule has 0 aromatic carbocycles. The van der Waals surface area contributed by atoms with Crippen LogP contribution in [0.3, 0.4) is 0 Å². The van der Waals surface area contributed by atoms with Gasteiger partial charge in [-0.1, -0.05) is 0 Å². The Morgan fingerprint density at radius 1 is 1.67 bits per heavy atom. The molecule has 21 heavy (non-hydrogen) atoms. The lowest BCUT2D eigenvalue weighted by molar-refractivity contribution is -0.384. The fourth-order valence-corrected chi connectivity index (χ4v) is 1.99. The lowest BCUT2D eigenvalue weighted by atomic mass is 10.3. The van der Waals surface area contributed by atoms with E-state index in [9.17, 15) is 14.9 Å². The summed E-state index contributed by atoms with van der Waals surface area (Å²) in [5.74, 6) is 0.381. The van der Waals surface area contributed by atoms with Crippen LogP contribution in [0.1, 0.15) is 17.4 Å². The molecule has 1 amide bonds. The minimum atomic E-state index is -0.523. The first kappa shape index (κ1) is 14.8. The highest BCUT2D eigenvalue weighted by molar-refractivity contribution is 5.93. The monoisotopic (exact) mass is 294 g/mol. The second-order valence-electron chi connectivity index (χ2n) is 4.86. The summed E-state index contributed by atoms with van der Waals surface area (Å²) in [6.45, 7) is 3.86. The molecule has 2 heterocycles. The maximum atomic E-state index is 12.0. The number of nitro groups is 1. The highest BCUT2D eigenvalue weighted by Gasteiger charge is 2.18. The molecule has 0 saturated carbocycles. The Balaban J connectivity index is 1.87. The molecule has 9 heteroatoms. The van der Waals surface area contributed by atoms with Gasteiger partial charge in [-0.15, -0.1) is 0 Å². The number of guanidine groups is 1. The quantitative estimate of drug-likeness (QED) is 0.505. The summed E-state index contributed by atoms with van der Waals surface area (Å²) < 4.78 is 1.44. The van der Waals surface area contributed by atoms with E-state index in [-0.39, 0.29) is 23.3 Å². The van der Waals surface area contributed by atoms with Crippen molar-refractivity contribution in [2.75, 3.05) is 19.6 Å². The highest BCUT2D eigenvalue weighted by Crippen LogP contribution is 2.14. The van der Waals surface area contributed by atoms with Gasteiger partial charge in [-0.2, -0.15) is 0 Å². The Morgan fingerprint density at radius 3 is 3.00 bits per heavy atom. The molecule has 114 valence electrons. The normalized spacial score (nSPS) is 15.0. The third kappa shape index (κ3) is 3.71. The average molecular weight is 294 g/mol. The molecule has 3 N–H and O–H groups in total. The van der Waals surface area contributed by atoms with Crippen LogP contribution >= 0.6 is 0 Å². The Kier molecular flexibility index (Phi) is 4.41. The summed E-state index contributed by atoms with van der Waals surface area (Å²) in [6.07, 6.45) is 1.31. The van der Waals surface area contributed by atoms with Gasteiger partial charge in [0.15, 0.2) is 5.96 Å². The maximum absolute atomic E-state index is 12.0. The van der Waals surface area contributed by atoms with Gasteiger partial charge in [-0.05, 0) is 6.92 Å². The summed E-state index contributed by atoms with van der Waals surface area (Å²) in [7, 11) is 1.60. The van der Waals surface area contributed by atoms with Crippen molar-refractivity contribution in [1.29, 1.82) is 0 Å². The molecule has 0 spiro atoms. The van der Waals surface area contributed by atoms with Gasteiger partial charge >= 0.3 is 0 Å².